The highest BCUT2D eigenvalue weighted by molar-refractivity contribution is 9.10. The van der Waals surface area contributed by atoms with Crippen LogP contribution in [0.4, 0.5) is 10.5 Å². The Kier molecular flexibility index (Phi) is 7.83. The summed E-state index contributed by atoms with van der Waals surface area (Å²) in [6.45, 7) is 0. The second-order valence-corrected chi connectivity index (χ2v) is 10.3. The molecule has 200 valence electrons. The first-order valence-electron chi connectivity index (χ1n) is 11.0. The molecule has 1 aliphatic heterocycles. The van der Waals surface area contributed by atoms with E-state index in [2.05, 4.69) is 26.0 Å². The summed E-state index contributed by atoms with van der Waals surface area (Å²) >= 11 is 3.26. The topological polar surface area (TPSA) is 145 Å². The number of nitrogens with zero attached hydrogens (tertiary/aromatic N) is 1. The number of anilines is 1. The van der Waals surface area contributed by atoms with E-state index >= 15 is 0 Å². The molecule has 3 aromatic rings. The summed E-state index contributed by atoms with van der Waals surface area (Å²) in [5, 5.41) is 2.10. The zero-order valence-electron chi connectivity index (χ0n) is 20.3. The van der Waals surface area contributed by atoms with E-state index in [-0.39, 0.29) is 43.3 Å². The Morgan fingerprint density at radius 3 is 2.26 bits per heavy atom. The van der Waals surface area contributed by atoms with Gasteiger partial charge in [0.05, 0.1) is 29.9 Å². The maximum Gasteiger partial charge on any atom is 0.339 e. The summed E-state index contributed by atoms with van der Waals surface area (Å²) in [5.41, 5.74) is 0.187. The normalized spacial score (nSPS) is 14.7. The Morgan fingerprint density at radius 1 is 0.974 bits per heavy atom. The number of benzene rings is 3. The SMILES string of the molecule is COC(=O)c1ccc(N2C(=O)NC(=O)/C(=C\c3cc(Br)c(OS(=O)(=O)c4ccccc4)c(OC)c3)C2=O)cc1. The molecule has 0 aliphatic carbocycles. The number of nitrogens with one attached hydrogen (secondary N) is 1. The predicted molar refractivity (Wildman–Crippen MR) is 142 cm³/mol. The van der Waals surface area contributed by atoms with Gasteiger partial charge in [-0.25, -0.2) is 14.5 Å². The quantitative estimate of drug-likeness (QED) is 0.182. The summed E-state index contributed by atoms with van der Waals surface area (Å²) in [6.07, 6.45) is 1.21. The van der Waals surface area contributed by atoms with Crippen LogP contribution in [0.25, 0.3) is 6.08 Å². The molecule has 0 aromatic heterocycles. The summed E-state index contributed by atoms with van der Waals surface area (Å²) in [5.74, 6) is -2.61. The first-order chi connectivity index (χ1) is 18.6. The molecule has 0 atom stereocenters. The van der Waals surface area contributed by atoms with Gasteiger partial charge in [0.25, 0.3) is 11.8 Å². The second-order valence-electron chi connectivity index (χ2n) is 7.88. The first kappa shape index (κ1) is 27.5. The number of halogens is 1. The molecule has 0 bridgehead atoms. The van der Waals surface area contributed by atoms with Crippen LogP contribution in [-0.2, 0) is 24.4 Å². The molecule has 0 radical (unpaired) electrons. The molecule has 39 heavy (non-hydrogen) atoms. The van der Waals surface area contributed by atoms with Gasteiger partial charge in [-0.15, -0.1) is 0 Å². The third-order valence-corrected chi connectivity index (χ3v) is 7.26. The van der Waals surface area contributed by atoms with E-state index in [1.807, 2.05) is 0 Å². The van der Waals surface area contributed by atoms with E-state index in [1.165, 1.54) is 68.8 Å². The van der Waals surface area contributed by atoms with Crippen LogP contribution in [0.3, 0.4) is 0 Å². The standard InChI is InChI=1S/C26H19BrN2O9S/c1-36-21-14-15(13-20(27)22(21)38-39(34,35)18-6-4-3-5-7-18)12-19-23(30)28-26(33)29(24(19)31)17-10-8-16(9-11-17)25(32)37-2/h3-14H,1-2H3,(H,28,30,33)/b19-12+. The van der Waals surface area contributed by atoms with Crippen LogP contribution in [0.15, 0.2) is 81.7 Å². The number of imide groups is 2. The van der Waals surface area contributed by atoms with Crippen molar-refractivity contribution < 1.29 is 41.3 Å². The highest BCUT2D eigenvalue weighted by atomic mass is 79.9. The van der Waals surface area contributed by atoms with Crippen LogP contribution >= 0.6 is 15.9 Å². The van der Waals surface area contributed by atoms with Gasteiger partial charge in [0, 0.05) is 0 Å². The van der Waals surface area contributed by atoms with Crippen molar-refractivity contribution in [1.82, 2.24) is 5.32 Å². The Morgan fingerprint density at radius 2 is 1.64 bits per heavy atom. The average molecular weight is 615 g/mol. The van der Waals surface area contributed by atoms with Crippen molar-refractivity contribution in [2.45, 2.75) is 4.90 Å². The molecule has 1 heterocycles. The lowest BCUT2D eigenvalue weighted by atomic mass is 10.1. The fourth-order valence-corrected chi connectivity index (χ4v) is 5.20. The molecule has 4 rings (SSSR count). The molecule has 0 spiro atoms. The number of carbonyl (C=O) groups excluding carboxylic acids is 4. The number of esters is 1. The number of methoxy groups -OCH3 is 2. The van der Waals surface area contributed by atoms with Gasteiger partial charge in [-0.2, -0.15) is 8.42 Å². The maximum absolute atomic E-state index is 13.2. The molecule has 0 unspecified atom stereocenters. The van der Waals surface area contributed by atoms with Gasteiger partial charge in [0.15, 0.2) is 11.5 Å². The zero-order chi connectivity index (χ0) is 28.3. The summed E-state index contributed by atoms with van der Waals surface area (Å²) < 4.78 is 40.8. The van der Waals surface area contributed by atoms with Crippen LogP contribution < -0.4 is 19.1 Å². The third-order valence-electron chi connectivity index (χ3n) is 5.44. The molecule has 13 heteroatoms. The van der Waals surface area contributed by atoms with E-state index in [1.54, 1.807) is 18.2 Å². The van der Waals surface area contributed by atoms with Crippen molar-refractivity contribution in [3.8, 4) is 11.5 Å². The number of barbiturate groups is 1. The van der Waals surface area contributed by atoms with Crippen molar-refractivity contribution in [3.05, 3.63) is 87.9 Å². The number of hydrogen-bond acceptors (Lipinski definition) is 9. The van der Waals surface area contributed by atoms with Gasteiger partial charge in [0.1, 0.15) is 10.5 Å². The van der Waals surface area contributed by atoms with Crippen LogP contribution in [-0.4, -0.2) is 46.5 Å². The molecule has 0 saturated carbocycles. The van der Waals surface area contributed by atoms with Gasteiger partial charge < -0.3 is 13.7 Å². The van der Waals surface area contributed by atoms with Crippen molar-refractivity contribution in [3.63, 3.8) is 0 Å². The molecule has 3 aromatic carbocycles. The van der Waals surface area contributed by atoms with E-state index in [0.29, 0.717) is 0 Å². The third kappa shape index (κ3) is 5.68. The molecule has 1 aliphatic rings. The van der Waals surface area contributed by atoms with Crippen LogP contribution in [0.5, 0.6) is 11.5 Å². The molecule has 11 nitrogen and oxygen atoms in total. The predicted octanol–water partition coefficient (Wildman–Crippen LogP) is 3.68. The number of amides is 4. The van der Waals surface area contributed by atoms with Crippen molar-refractivity contribution in [1.29, 1.82) is 0 Å². The lowest BCUT2D eigenvalue weighted by molar-refractivity contribution is -0.122. The molecule has 4 amide bonds. The minimum absolute atomic E-state index is 0.00858. The molecule has 1 fully saturated rings. The minimum atomic E-state index is -4.20. The van der Waals surface area contributed by atoms with E-state index in [4.69, 9.17) is 8.92 Å². The molecule has 1 saturated heterocycles. The average Bonchev–Trinajstić information content (AvgIpc) is 2.92. The van der Waals surface area contributed by atoms with Gasteiger partial charge in [0.2, 0.25) is 0 Å². The summed E-state index contributed by atoms with van der Waals surface area (Å²) in [4.78, 5) is 50.6. The highest BCUT2D eigenvalue weighted by Gasteiger charge is 2.37. The van der Waals surface area contributed by atoms with Crippen LogP contribution in [0, 0.1) is 0 Å². The molecular weight excluding hydrogens is 596 g/mol. The smallest absolute Gasteiger partial charge is 0.339 e. The second kappa shape index (κ2) is 11.1. The lowest BCUT2D eigenvalue weighted by Crippen LogP contribution is -2.54. The van der Waals surface area contributed by atoms with Crippen molar-refractivity contribution >= 4 is 61.6 Å². The maximum atomic E-state index is 13.2. The Bertz CT molecular complexity index is 1620. The lowest BCUT2D eigenvalue weighted by Gasteiger charge is -2.26. The van der Waals surface area contributed by atoms with E-state index < -0.39 is 33.9 Å². The number of carbonyl (C=O) groups is 4. The number of urea groups is 1. The van der Waals surface area contributed by atoms with Gasteiger partial charge in [-0.3, -0.25) is 14.9 Å². The number of hydrogen-bond donors (Lipinski definition) is 1. The van der Waals surface area contributed by atoms with Crippen LogP contribution in [0.1, 0.15) is 15.9 Å². The van der Waals surface area contributed by atoms with Crippen molar-refractivity contribution in [2.75, 3.05) is 19.1 Å². The Balaban J connectivity index is 1.68. The molecule has 1 N–H and O–H groups in total. The Labute approximate surface area is 231 Å². The van der Waals surface area contributed by atoms with Gasteiger partial charge in [-0.05, 0) is 76.1 Å². The number of ether oxygens (including phenoxy) is 2. The fourth-order valence-electron chi connectivity index (χ4n) is 3.57. The zero-order valence-corrected chi connectivity index (χ0v) is 22.7. The van der Waals surface area contributed by atoms with E-state index in [0.717, 1.165) is 4.90 Å². The minimum Gasteiger partial charge on any atom is -0.493 e. The largest absolute Gasteiger partial charge is 0.493 e. The molecular formula is C26H19BrN2O9S. The first-order valence-corrected chi connectivity index (χ1v) is 13.2. The fraction of sp³-hybridized carbons (Fsp3) is 0.0769. The van der Waals surface area contributed by atoms with Crippen LogP contribution in [0.2, 0.25) is 0 Å². The van der Waals surface area contributed by atoms with Crippen molar-refractivity contribution in [2.24, 2.45) is 0 Å². The van der Waals surface area contributed by atoms with Gasteiger partial charge in [-0.1, -0.05) is 18.2 Å². The monoisotopic (exact) mass is 614 g/mol. The highest BCUT2D eigenvalue weighted by Crippen LogP contribution is 2.39. The number of rotatable bonds is 7. The summed E-state index contributed by atoms with van der Waals surface area (Å²) in [7, 11) is -1.69. The van der Waals surface area contributed by atoms with E-state index in [9.17, 15) is 27.6 Å². The Hall–Kier alpha value is -4.49. The summed E-state index contributed by atoms with van der Waals surface area (Å²) in [6, 6.07) is 14.8. The van der Waals surface area contributed by atoms with Gasteiger partial charge >= 0.3 is 22.1 Å².